The minimum Gasteiger partial charge on any atom is -0.492 e. The molecular weight excluding hydrogens is 340 g/mol. The molecule has 1 N–H and O–H groups in total. The molecule has 7 heteroatoms. The van der Waals surface area contributed by atoms with Crippen LogP contribution in [-0.2, 0) is 14.8 Å². The number of hydrogen-bond donors (Lipinski definition) is 1. The first-order valence-electron chi connectivity index (χ1n) is 8.62. The summed E-state index contributed by atoms with van der Waals surface area (Å²) in [6, 6.07) is 4.72. The highest BCUT2D eigenvalue weighted by Gasteiger charge is 2.26. The molecule has 0 aliphatic heterocycles. The number of ether oxygens (including phenoxy) is 1. The largest absolute Gasteiger partial charge is 0.492 e. The zero-order valence-electron chi connectivity index (χ0n) is 16.0. The molecule has 142 valence electrons. The summed E-state index contributed by atoms with van der Waals surface area (Å²) in [5.74, 6) is 0.145. The van der Waals surface area contributed by atoms with Crippen LogP contribution in [0.1, 0.15) is 48.0 Å². The molecule has 0 aromatic heterocycles. The van der Waals surface area contributed by atoms with Gasteiger partial charge in [-0.1, -0.05) is 34.6 Å². The van der Waals surface area contributed by atoms with Crippen LogP contribution in [0.15, 0.2) is 23.1 Å². The van der Waals surface area contributed by atoms with Crippen molar-refractivity contribution in [1.82, 2.24) is 4.31 Å². The lowest BCUT2D eigenvalue weighted by Crippen LogP contribution is -2.31. The van der Waals surface area contributed by atoms with Crippen molar-refractivity contribution in [3.8, 4) is 5.75 Å². The van der Waals surface area contributed by atoms with E-state index >= 15 is 0 Å². The number of benzene rings is 1. The molecule has 1 aromatic rings. The van der Waals surface area contributed by atoms with Crippen molar-refractivity contribution in [1.29, 1.82) is 0 Å². The third-order valence-corrected chi connectivity index (χ3v) is 5.61. The Bertz CT molecular complexity index is 690. The van der Waals surface area contributed by atoms with Gasteiger partial charge >= 0.3 is 0 Å². The van der Waals surface area contributed by atoms with Crippen molar-refractivity contribution in [2.75, 3.05) is 25.0 Å². The van der Waals surface area contributed by atoms with E-state index in [9.17, 15) is 13.2 Å². The summed E-state index contributed by atoms with van der Waals surface area (Å²) in [6.45, 7) is 12.4. The SMILES string of the molecule is CCOc1ccc(NC(=O)CC(C)(C)C)cc1S(=O)(=O)N(CC)CC. The summed E-state index contributed by atoms with van der Waals surface area (Å²) in [4.78, 5) is 12.2. The Morgan fingerprint density at radius 1 is 1.16 bits per heavy atom. The monoisotopic (exact) mass is 370 g/mol. The summed E-state index contributed by atoms with van der Waals surface area (Å²) in [5, 5.41) is 2.78. The number of amides is 1. The van der Waals surface area contributed by atoms with E-state index in [1.54, 1.807) is 32.9 Å². The first-order chi connectivity index (χ1) is 11.5. The van der Waals surface area contributed by atoms with Crippen LogP contribution in [0.3, 0.4) is 0 Å². The van der Waals surface area contributed by atoms with Gasteiger partial charge in [-0.3, -0.25) is 4.79 Å². The summed E-state index contributed by atoms with van der Waals surface area (Å²) in [5.41, 5.74) is 0.300. The van der Waals surface area contributed by atoms with Crippen LogP contribution in [-0.4, -0.2) is 38.3 Å². The van der Waals surface area contributed by atoms with Gasteiger partial charge in [0.1, 0.15) is 10.6 Å². The average Bonchev–Trinajstić information content (AvgIpc) is 2.48. The van der Waals surface area contributed by atoms with Gasteiger partial charge in [0.05, 0.1) is 6.61 Å². The summed E-state index contributed by atoms with van der Waals surface area (Å²) < 4.78 is 32.6. The van der Waals surface area contributed by atoms with Crippen LogP contribution in [0, 0.1) is 5.41 Å². The van der Waals surface area contributed by atoms with E-state index in [4.69, 9.17) is 4.74 Å². The molecule has 0 bridgehead atoms. The molecule has 0 aliphatic rings. The number of carbonyl (C=O) groups is 1. The molecule has 1 rings (SSSR count). The lowest BCUT2D eigenvalue weighted by molar-refractivity contribution is -0.117. The van der Waals surface area contributed by atoms with Gasteiger partial charge in [0, 0.05) is 25.2 Å². The zero-order valence-corrected chi connectivity index (χ0v) is 16.9. The van der Waals surface area contributed by atoms with Crippen LogP contribution < -0.4 is 10.1 Å². The van der Waals surface area contributed by atoms with E-state index in [0.717, 1.165) is 0 Å². The minimum absolute atomic E-state index is 0.0756. The fourth-order valence-corrected chi connectivity index (χ4v) is 4.07. The van der Waals surface area contributed by atoms with Crippen LogP contribution in [0.4, 0.5) is 5.69 Å². The van der Waals surface area contributed by atoms with Gasteiger partial charge in [-0.2, -0.15) is 4.31 Å². The second-order valence-corrected chi connectivity index (χ2v) is 8.88. The van der Waals surface area contributed by atoms with E-state index in [1.807, 2.05) is 20.8 Å². The van der Waals surface area contributed by atoms with Gasteiger partial charge in [0.2, 0.25) is 15.9 Å². The number of anilines is 1. The molecule has 0 spiro atoms. The number of rotatable bonds is 8. The number of hydrogen-bond acceptors (Lipinski definition) is 4. The topological polar surface area (TPSA) is 75.7 Å². The smallest absolute Gasteiger partial charge is 0.246 e. The minimum atomic E-state index is -3.69. The van der Waals surface area contributed by atoms with E-state index in [-0.39, 0.29) is 16.2 Å². The summed E-state index contributed by atoms with van der Waals surface area (Å²) in [6.07, 6.45) is 0.346. The van der Waals surface area contributed by atoms with Gasteiger partial charge in [0.15, 0.2) is 0 Å². The third kappa shape index (κ3) is 6.01. The lowest BCUT2D eigenvalue weighted by Gasteiger charge is -2.21. The van der Waals surface area contributed by atoms with Crippen molar-refractivity contribution in [2.24, 2.45) is 5.41 Å². The van der Waals surface area contributed by atoms with Gasteiger partial charge in [-0.05, 0) is 30.5 Å². The van der Waals surface area contributed by atoms with Crippen LogP contribution in [0.2, 0.25) is 0 Å². The first kappa shape index (κ1) is 21.4. The fourth-order valence-electron chi connectivity index (χ4n) is 2.45. The zero-order chi connectivity index (χ0) is 19.3. The number of nitrogens with zero attached hydrogens (tertiary/aromatic N) is 1. The fraction of sp³-hybridized carbons (Fsp3) is 0.611. The molecule has 0 heterocycles. The van der Waals surface area contributed by atoms with Crippen molar-refractivity contribution in [3.05, 3.63) is 18.2 Å². The maximum absolute atomic E-state index is 12.9. The third-order valence-electron chi connectivity index (χ3n) is 3.54. The summed E-state index contributed by atoms with van der Waals surface area (Å²) >= 11 is 0. The molecule has 0 unspecified atom stereocenters. The number of carbonyl (C=O) groups excluding carboxylic acids is 1. The molecule has 0 radical (unpaired) electrons. The first-order valence-corrected chi connectivity index (χ1v) is 10.1. The second-order valence-electron chi connectivity index (χ2n) is 6.97. The Hall–Kier alpha value is -1.60. The molecular formula is C18H30N2O4S. The molecule has 0 atom stereocenters. The summed E-state index contributed by atoms with van der Waals surface area (Å²) in [7, 11) is -3.69. The lowest BCUT2D eigenvalue weighted by atomic mass is 9.92. The van der Waals surface area contributed by atoms with Gasteiger partial charge in [-0.15, -0.1) is 0 Å². The maximum Gasteiger partial charge on any atom is 0.246 e. The van der Waals surface area contributed by atoms with Crippen molar-refractivity contribution in [3.63, 3.8) is 0 Å². The van der Waals surface area contributed by atoms with E-state index in [2.05, 4.69) is 5.32 Å². The Labute approximate surface area is 151 Å². The van der Waals surface area contributed by atoms with Crippen molar-refractivity contribution in [2.45, 2.75) is 52.9 Å². The number of sulfonamides is 1. The Balaban J connectivity index is 3.24. The molecule has 0 saturated heterocycles. The van der Waals surface area contributed by atoms with Gasteiger partial charge in [-0.25, -0.2) is 8.42 Å². The Morgan fingerprint density at radius 2 is 1.76 bits per heavy atom. The molecule has 1 amide bonds. The molecule has 6 nitrogen and oxygen atoms in total. The van der Waals surface area contributed by atoms with Crippen molar-refractivity contribution < 1.29 is 17.9 Å². The highest BCUT2D eigenvalue weighted by Crippen LogP contribution is 2.30. The quantitative estimate of drug-likeness (QED) is 0.760. The molecule has 0 saturated carbocycles. The normalized spacial score (nSPS) is 12.3. The Morgan fingerprint density at radius 3 is 2.24 bits per heavy atom. The maximum atomic E-state index is 12.9. The van der Waals surface area contributed by atoms with Crippen LogP contribution >= 0.6 is 0 Å². The predicted molar refractivity (Wildman–Crippen MR) is 100 cm³/mol. The molecule has 25 heavy (non-hydrogen) atoms. The predicted octanol–water partition coefficient (Wildman–Crippen LogP) is 3.49. The highest BCUT2D eigenvalue weighted by atomic mass is 32.2. The van der Waals surface area contributed by atoms with E-state index in [1.165, 1.54) is 10.4 Å². The van der Waals surface area contributed by atoms with Crippen molar-refractivity contribution >= 4 is 21.6 Å². The second kappa shape index (κ2) is 8.67. The molecule has 0 fully saturated rings. The van der Waals surface area contributed by atoms with E-state index in [0.29, 0.717) is 37.6 Å². The van der Waals surface area contributed by atoms with Crippen LogP contribution in [0.25, 0.3) is 0 Å². The number of nitrogens with one attached hydrogen (secondary N) is 1. The Kier molecular flexibility index (Phi) is 7.44. The van der Waals surface area contributed by atoms with E-state index < -0.39 is 10.0 Å². The molecule has 1 aromatic carbocycles. The molecule has 0 aliphatic carbocycles. The van der Waals surface area contributed by atoms with Crippen LogP contribution in [0.5, 0.6) is 5.75 Å². The standard InChI is InChI=1S/C18H30N2O4S/c1-7-20(8-2)25(22,23)16-12-14(10-11-15(16)24-9-3)19-17(21)13-18(4,5)6/h10-12H,7-9,13H2,1-6H3,(H,19,21). The van der Waals surface area contributed by atoms with Gasteiger partial charge < -0.3 is 10.1 Å². The highest BCUT2D eigenvalue weighted by molar-refractivity contribution is 7.89. The van der Waals surface area contributed by atoms with Gasteiger partial charge in [0.25, 0.3) is 0 Å². The average molecular weight is 371 g/mol.